The highest BCUT2D eigenvalue weighted by atomic mass is 19.1. The Morgan fingerprint density at radius 2 is 2.06 bits per heavy atom. The molecule has 3 nitrogen and oxygen atoms in total. The van der Waals surface area contributed by atoms with E-state index in [1.54, 1.807) is 6.07 Å². The van der Waals surface area contributed by atoms with Gasteiger partial charge in [-0.1, -0.05) is 0 Å². The summed E-state index contributed by atoms with van der Waals surface area (Å²) < 4.78 is 18.5. The Kier molecular flexibility index (Phi) is 2.66. The average molecular weight is 224 g/mol. The van der Waals surface area contributed by atoms with Gasteiger partial charge >= 0.3 is 0 Å². The van der Waals surface area contributed by atoms with Crippen LogP contribution < -0.4 is 15.4 Å². The van der Waals surface area contributed by atoms with E-state index < -0.39 is 0 Å². The number of benzene rings is 1. The van der Waals surface area contributed by atoms with E-state index in [1.165, 1.54) is 13.2 Å². The lowest BCUT2D eigenvalue weighted by atomic mass is 10.0. The van der Waals surface area contributed by atoms with Crippen molar-refractivity contribution in [2.75, 3.05) is 24.3 Å². The first kappa shape index (κ1) is 11.0. The zero-order chi connectivity index (χ0) is 11.8. The first-order valence-electron chi connectivity index (χ1n) is 5.41. The molecule has 1 heterocycles. The topological polar surface area (TPSA) is 33.3 Å². The zero-order valence-electron chi connectivity index (χ0n) is 9.86. The van der Waals surface area contributed by atoms with Gasteiger partial charge in [-0.25, -0.2) is 4.39 Å². The summed E-state index contributed by atoms with van der Waals surface area (Å²) in [7, 11) is 1.47. The first-order chi connectivity index (χ1) is 7.52. The van der Waals surface area contributed by atoms with Crippen LogP contribution in [-0.4, -0.2) is 19.2 Å². The van der Waals surface area contributed by atoms with Gasteiger partial charge in [0.25, 0.3) is 0 Å². The molecule has 0 aliphatic carbocycles. The van der Waals surface area contributed by atoms with Crippen LogP contribution in [-0.2, 0) is 0 Å². The molecular formula is C12H17FN2O. The summed E-state index contributed by atoms with van der Waals surface area (Å²) in [4.78, 5) is 0. The van der Waals surface area contributed by atoms with E-state index in [2.05, 4.69) is 24.5 Å². The fourth-order valence-electron chi connectivity index (χ4n) is 1.90. The summed E-state index contributed by atoms with van der Waals surface area (Å²) in [5, 5.41) is 6.61. The lowest BCUT2D eigenvalue weighted by Gasteiger charge is -2.25. The van der Waals surface area contributed by atoms with E-state index in [-0.39, 0.29) is 17.1 Å². The molecule has 2 N–H and O–H groups in total. The summed E-state index contributed by atoms with van der Waals surface area (Å²) in [6.45, 7) is 5.08. The van der Waals surface area contributed by atoms with Gasteiger partial charge in [0, 0.05) is 24.2 Å². The van der Waals surface area contributed by atoms with Gasteiger partial charge in [0.1, 0.15) is 0 Å². The second kappa shape index (κ2) is 3.85. The Hall–Kier alpha value is -1.45. The molecule has 88 valence electrons. The third-order valence-corrected chi connectivity index (χ3v) is 2.83. The number of methoxy groups -OCH3 is 1. The number of hydrogen-bond acceptors (Lipinski definition) is 3. The third kappa shape index (κ3) is 2.05. The average Bonchev–Trinajstić information content (AvgIpc) is 2.34. The number of ether oxygens (including phenoxy) is 1. The summed E-state index contributed by atoms with van der Waals surface area (Å²) >= 11 is 0. The van der Waals surface area contributed by atoms with Crippen LogP contribution in [0.3, 0.4) is 0 Å². The Balaban J connectivity index is 2.43. The van der Waals surface area contributed by atoms with Gasteiger partial charge in [0.05, 0.1) is 18.5 Å². The van der Waals surface area contributed by atoms with Gasteiger partial charge < -0.3 is 15.4 Å². The SMILES string of the molecule is COc1cc2c(cc1F)NCCC(C)(C)N2. The highest BCUT2D eigenvalue weighted by Crippen LogP contribution is 2.34. The predicted octanol–water partition coefficient (Wildman–Crippen LogP) is 2.84. The molecule has 0 saturated heterocycles. The lowest BCUT2D eigenvalue weighted by molar-refractivity contribution is 0.387. The van der Waals surface area contributed by atoms with Gasteiger partial charge in [0.15, 0.2) is 11.6 Å². The predicted molar refractivity (Wildman–Crippen MR) is 63.8 cm³/mol. The minimum Gasteiger partial charge on any atom is -0.494 e. The summed E-state index contributed by atoms with van der Waals surface area (Å²) in [5.74, 6) is -0.0685. The Morgan fingerprint density at radius 1 is 1.31 bits per heavy atom. The molecule has 2 rings (SSSR count). The Morgan fingerprint density at radius 3 is 2.75 bits per heavy atom. The Labute approximate surface area is 95.0 Å². The molecule has 1 aliphatic heterocycles. The van der Waals surface area contributed by atoms with E-state index in [1.807, 2.05) is 0 Å². The van der Waals surface area contributed by atoms with E-state index in [9.17, 15) is 4.39 Å². The maximum absolute atomic E-state index is 13.5. The van der Waals surface area contributed by atoms with Gasteiger partial charge in [-0.15, -0.1) is 0 Å². The van der Waals surface area contributed by atoms with Crippen LogP contribution in [0.25, 0.3) is 0 Å². The van der Waals surface area contributed by atoms with Gasteiger partial charge in [0.2, 0.25) is 0 Å². The van der Waals surface area contributed by atoms with Crippen molar-refractivity contribution < 1.29 is 9.13 Å². The monoisotopic (exact) mass is 224 g/mol. The second-order valence-corrected chi connectivity index (χ2v) is 4.72. The molecule has 16 heavy (non-hydrogen) atoms. The van der Waals surface area contributed by atoms with E-state index >= 15 is 0 Å². The normalized spacial score (nSPS) is 17.8. The zero-order valence-corrected chi connectivity index (χ0v) is 9.86. The van der Waals surface area contributed by atoms with Gasteiger partial charge in [-0.3, -0.25) is 0 Å². The molecule has 1 aliphatic rings. The van der Waals surface area contributed by atoms with Crippen LogP contribution >= 0.6 is 0 Å². The van der Waals surface area contributed by atoms with Gasteiger partial charge in [-0.05, 0) is 20.3 Å². The molecule has 4 heteroatoms. The van der Waals surface area contributed by atoms with Crippen LogP contribution in [0.1, 0.15) is 20.3 Å². The number of anilines is 2. The minimum absolute atomic E-state index is 0.00108. The summed E-state index contributed by atoms with van der Waals surface area (Å²) in [6.07, 6.45) is 0.978. The smallest absolute Gasteiger partial charge is 0.167 e. The number of fused-ring (bicyclic) bond motifs is 1. The van der Waals surface area contributed by atoms with Crippen molar-refractivity contribution in [3.63, 3.8) is 0 Å². The molecule has 0 atom stereocenters. The molecule has 0 fully saturated rings. The fourth-order valence-corrected chi connectivity index (χ4v) is 1.90. The third-order valence-electron chi connectivity index (χ3n) is 2.83. The van der Waals surface area contributed by atoms with Crippen molar-refractivity contribution in [1.29, 1.82) is 0 Å². The van der Waals surface area contributed by atoms with Crippen LogP contribution in [0, 0.1) is 5.82 Å². The van der Waals surface area contributed by atoms with Gasteiger partial charge in [-0.2, -0.15) is 0 Å². The molecule has 1 aromatic carbocycles. The minimum atomic E-state index is -0.338. The van der Waals surface area contributed by atoms with Crippen molar-refractivity contribution in [1.82, 2.24) is 0 Å². The highest BCUT2D eigenvalue weighted by Gasteiger charge is 2.23. The molecule has 0 spiro atoms. The maximum atomic E-state index is 13.5. The van der Waals surface area contributed by atoms with Crippen LogP contribution in [0.15, 0.2) is 12.1 Å². The quantitative estimate of drug-likeness (QED) is 0.769. The largest absolute Gasteiger partial charge is 0.494 e. The van der Waals surface area contributed by atoms with E-state index in [0.717, 1.165) is 24.3 Å². The summed E-state index contributed by atoms with van der Waals surface area (Å²) in [5.41, 5.74) is 1.69. The fraction of sp³-hybridized carbons (Fsp3) is 0.500. The Bertz CT molecular complexity index is 404. The summed E-state index contributed by atoms with van der Waals surface area (Å²) in [6, 6.07) is 3.17. The molecular weight excluding hydrogens is 207 g/mol. The molecule has 0 saturated carbocycles. The maximum Gasteiger partial charge on any atom is 0.167 e. The lowest BCUT2D eigenvalue weighted by Crippen LogP contribution is -2.30. The number of halogens is 1. The van der Waals surface area contributed by atoms with Crippen molar-refractivity contribution in [2.24, 2.45) is 0 Å². The van der Waals surface area contributed by atoms with E-state index in [0.29, 0.717) is 0 Å². The molecule has 0 amide bonds. The van der Waals surface area contributed by atoms with Crippen molar-refractivity contribution in [2.45, 2.75) is 25.8 Å². The first-order valence-corrected chi connectivity index (χ1v) is 5.41. The second-order valence-electron chi connectivity index (χ2n) is 4.72. The molecule has 0 aromatic heterocycles. The van der Waals surface area contributed by atoms with E-state index in [4.69, 9.17) is 4.74 Å². The van der Waals surface area contributed by atoms with Crippen molar-refractivity contribution in [3.05, 3.63) is 17.9 Å². The number of nitrogens with one attached hydrogen (secondary N) is 2. The molecule has 1 aromatic rings. The standard InChI is InChI=1S/C12H17FN2O/c1-12(2)4-5-14-9-6-8(13)11(16-3)7-10(9)15-12/h6-7,14-15H,4-5H2,1-3H3. The molecule has 0 bridgehead atoms. The number of hydrogen-bond donors (Lipinski definition) is 2. The molecule has 0 radical (unpaired) electrons. The highest BCUT2D eigenvalue weighted by molar-refractivity contribution is 5.72. The number of rotatable bonds is 1. The van der Waals surface area contributed by atoms with Crippen LogP contribution in [0.5, 0.6) is 5.75 Å². The van der Waals surface area contributed by atoms with Crippen LogP contribution in [0.4, 0.5) is 15.8 Å². The van der Waals surface area contributed by atoms with Crippen LogP contribution in [0.2, 0.25) is 0 Å². The molecule has 0 unspecified atom stereocenters. The van der Waals surface area contributed by atoms with Crippen molar-refractivity contribution >= 4 is 11.4 Å². The van der Waals surface area contributed by atoms with Crippen molar-refractivity contribution in [3.8, 4) is 5.75 Å².